The Labute approximate surface area is 214 Å². The highest BCUT2D eigenvalue weighted by molar-refractivity contribution is 4.97. The Kier molecular flexibility index (Phi) is 27.6. The van der Waals surface area contributed by atoms with E-state index in [1.54, 1.807) is 0 Å². The fourth-order valence-corrected chi connectivity index (χ4v) is 3.70. The summed E-state index contributed by atoms with van der Waals surface area (Å²) >= 11 is 0. The summed E-state index contributed by atoms with van der Waals surface area (Å²) in [6, 6.07) is 0.354. The summed E-state index contributed by atoms with van der Waals surface area (Å²) in [5.74, 6) is 0. The van der Waals surface area contributed by atoms with Crippen molar-refractivity contribution in [3.63, 3.8) is 0 Å². The molecule has 0 aromatic carbocycles. The zero-order chi connectivity index (χ0) is 25.0. The number of hydrogen-bond donors (Lipinski definition) is 0. The van der Waals surface area contributed by atoms with Gasteiger partial charge in [-0.2, -0.15) is 0 Å². The maximum atomic E-state index is 5.94. The first-order valence-corrected chi connectivity index (χ1v) is 14.5. The summed E-state index contributed by atoms with van der Waals surface area (Å²) in [6.07, 6.45) is 33.8. The molecule has 0 spiro atoms. The molecule has 3 nitrogen and oxygen atoms in total. The van der Waals surface area contributed by atoms with Gasteiger partial charge in [-0.05, 0) is 65.5 Å². The SMILES string of the molecule is CCCCC/C=C\C/C=C\C/C=C\CCCCCOC[C@H](COCCCCCCCC)N(C)C. The van der Waals surface area contributed by atoms with E-state index in [2.05, 4.69) is 69.3 Å². The molecule has 0 heterocycles. The van der Waals surface area contributed by atoms with Gasteiger partial charge in [-0.1, -0.05) is 102 Å². The van der Waals surface area contributed by atoms with E-state index in [-0.39, 0.29) is 0 Å². The van der Waals surface area contributed by atoms with Gasteiger partial charge in [-0.15, -0.1) is 0 Å². The van der Waals surface area contributed by atoms with Crippen molar-refractivity contribution in [3.8, 4) is 0 Å². The first-order chi connectivity index (χ1) is 16.7. The zero-order valence-corrected chi connectivity index (χ0v) is 23.4. The number of unbranched alkanes of at least 4 members (excludes halogenated alkanes) is 11. The monoisotopic (exact) mass is 477 g/mol. The molecule has 0 saturated carbocycles. The Morgan fingerprint density at radius 1 is 0.529 bits per heavy atom. The summed E-state index contributed by atoms with van der Waals surface area (Å²) in [4.78, 5) is 2.23. The van der Waals surface area contributed by atoms with Gasteiger partial charge in [0, 0.05) is 13.2 Å². The van der Waals surface area contributed by atoms with Gasteiger partial charge in [0.05, 0.1) is 19.3 Å². The van der Waals surface area contributed by atoms with Crippen molar-refractivity contribution in [1.29, 1.82) is 0 Å². The minimum absolute atomic E-state index is 0.354. The third-order valence-corrected chi connectivity index (χ3v) is 6.17. The van der Waals surface area contributed by atoms with Crippen molar-refractivity contribution in [3.05, 3.63) is 36.5 Å². The molecule has 3 heteroatoms. The van der Waals surface area contributed by atoms with Gasteiger partial charge in [0.15, 0.2) is 0 Å². The number of allylic oxidation sites excluding steroid dienone is 6. The van der Waals surface area contributed by atoms with Crippen LogP contribution in [0.1, 0.15) is 117 Å². The van der Waals surface area contributed by atoms with Crippen LogP contribution >= 0.6 is 0 Å². The van der Waals surface area contributed by atoms with Crippen LogP contribution in [-0.2, 0) is 9.47 Å². The summed E-state index contributed by atoms with van der Waals surface area (Å²) in [5, 5.41) is 0. The van der Waals surface area contributed by atoms with E-state index in [0.717, 1.165) is 45.7 Å². The van der Waals surface area contributed by atoms with Crippen molar-refractivity contribution >= 4 is 0 Å². The molecule has 0 radical (unpaired) electrons. The van der Waals surface area contributed by atoms with Gasteiger partial charge in [0.1, 0.15) is 0 Å². The predicted molar refractivity (Wildman–Crippen MR) is 152 cm³/mol. The van der Waals surface area contributed by atoms with Crippen LogP contribution in [0.5, 0.6) is 0 Å². The highest BCUT2D eigenvalue weighted by Gasteiger charge is 2.11. The Balaban J connectivity index is 3.53. The van der Waals surface area contributed by atoms with Crippen LogP contribution in [0.4, 0.5) is 0 Å². The van der Waals surface area contributed by atoms with Crippen LogP contribution in [0.25, 0.3) is 0 Å². The van der Waals surface area contributed by atoms with Crippen LogP contribution < -0.4 is 0 Å². The molecule has 200 valence electrons. The average molecular weight is 478 g/mol. The molecular weight excluding hydrogens is 418 g/mol. The molecule has 0 unspecified atom stereocenters. The van der Waals surface area contributed by atoms with E-state index < -0.39 is 0 Å². The number of ether oxygens (including phenoxy) is 2. The van der Waals surface area contributed by atoms with Gasteiger partial charge in [-0.25, -0.2) is 0 Å². The van der Waals surface area contributed by atoms with Gasteiger partial charge in [0.2, 0.25) is 0 Å². The number of rotatable bonds is 26. The smallest absolute Gasteiger partial charge is 0.0644 e. The van der Waals surface area contributed by atoms with Crippen LogP contribution in [0.3, 0.4) is 0 Å². The van der Waals surface area contributed by atoms with Crippen molar-refractivity contribution in [2.24, 2.45) is 0 Å². The van der Waals surface area contributed by atoms with Crippen molar-refractivity contribution in [2.75, 3.05) is 40.5 Å². The molecule has 0 aliphatic rings. The molecule has 0 rings (SSSR count). The molecular formula is C31H59NO2. The van der Waals surface area contributed by atoms with Gasteiger partial charge in [0.25, 0.3) is 0 Å². The summed E-state index contributed by atoms with van der Waals surface area (Å²) in [6.45, 7) is 7.81. The van der Waals surface area contributed by atoms with E-state index in [4.69, 9.17) is 9.47 Å². The molecule has 0 aromatic rings. The Morgan fingerprint density at radius 3 is 1.47 bits per heavy atom. The minimum Gasteiger partial charge on any atom is -0.380 e. The summed E-state index contributed by atoms with van der Waals surface area (Å²) in [7, 11) is 4.24. The first-order valence-electron chi connectivity index (χ1n) is 14.5. The number of hydrogen-bond acceptors (Lipinski definition) is 3. The molecule has 34 heavy (non-hydrogen) atoms. The second-order valence-corrected chi connectivity index (χ2v) is 9.77. The normalized spacial score (nSPS) is 13.3. The maximum absolute atomic E-state index is 5.94. The summed E-state index contributed by atoms with van der Waals surface area (Å²) in [5.41, 5.74) is 0. The Bertz CT molecular complexity index is 470. The lowest BCUT2D eigenvalue weighted by Crippen LogP contribution is -2.37. The van der Waals surface area contributed by atoms with E-state index in [0.29, 0.717) is 6.04 Å². The lowest BCUT2D eigenvalue weighted by Gasteiger charge is -2.24. The van der Waals surface area contributed by atoms with E-state index in [1.165, 1.54) is 83.5 Å². The second kappa shape index (κ2) is 28.3. The summed E-state index contributed by atoms with van der Waals surface area (Å²) < 4.78 is 11.9. The largest absolute Gasteiger partial charge is 0.380 e. The van der Waals surface area contributed by atoms with Crippen molar-refractivity contribution < 1.29 is 9.47 Å². The van der Waals surface area contributed by atoms with E-state index in [9.17, 15) is 0 Å². The maximum Gasteiger partial charge on any atom is 0.0644 e. The topological polar surface area (TPSA) is 21.7 Å². The first kappa shape index (κ1) is 33.1. The van der Waals surface area contributed by atoms with Crippen LogP contribution in [0.2, 0.25) is 0 Å². The molecule has 0 N–H and O–H groups in total. The average Bonchev–Trinajstić information content (AvgIpc) is 2.83. The zero-order valence-electron chi connectivity index (χ0n) is 23.4. The fraction of sp³-hybridized carbons (Fsp3) is 0.806. The molecule has 0 aliphatic heterocycles. The van der Waals surface area contributed by atoms with Gasteiger partial charge >= 0.3 is 0 Å². The fourth-order valence-electron chi connectivity index (χ4n) is 3.70. The molecule has 0 aliphatic carbocycles. The lowest BCUT2D eigenvalue weighted by molar-refractivity contribution is 0.0198. The predicted octanol–water partition coefficient (Wildman–Crippen LogP) is 8.90. The molecule has 1 atom stereocenters. The minimum atomic E-state index is 0.354. The highest BCUT2D eigenvalue weighted by Crippen LogP contribution is 2.07. The highest BCUT2D eigenvalue weighted by atomic mass is 16.5. The standard InChI is InChI=1S/C31H59NO2/c1-5-7-9-11-13-14-15-16-17-18-19-20-21-22-24-26-28-34-30-31(32(3)4)29-33-27-25-23-12-10-8-6-2/h13-14,16-17,19-20,31H,5-12,15,18,21-30H2,1-4H3/b14-13-,17-16-,20-19-/t31-/m0/s1. The van der Waals surface area contributed by atoms with Crippen LogP contribution in [0, 0.1) is 0 Å². The Hall–Kier alpha value is -0.900. The molecule has 0 fully saturated rings. The molecule has 0 aromatic heterocycles. The van der Waals surface area contributed by atoms with Crippen LogP contribution in [-0.4, -0.2) is 51.5 Å². The van der Waals surface area contributed by atoms with Crippen molar-refractivity contribution in [1.82, 2.24) is 4.90 Å². The van der Waals surface area contributed by atoms with Gasteiger partial charge < -0.3 is 14.4 Å². The Morgan fingerprint density at radius 2 is 0.941 bits per heavy atom. The lowest BCUT2D eigenvalue weighted by atomic mass is 10.1. The third kappa shape index (κ3) is 25.7. The molecule has 0 amide bonds. The van der Waals surface area contributed by atoms with Crippen molar-refractivity contribution in [2.45, 2.75) is 123 Å². The number of nitrogens with zero attached hydrogens (tertiary/aromatic N) is 1. The second-order valence-electron chi connectivity index (χ2n) is 9.77. The molecule has 0 saturated heterocycles. The van der Waals surface area contributed by atoms with E-state index in [1.807, 2.05) is 0 Å². The number of likely N-dealkylation sites (N-methyl/N-ethyl adjacent to an activating group) is 1. The molecule has 0 bridgehead atoms. The van der Waals surface area contributed by atoms with Gasteiger partial charge in [-0.3, -0.25) is 0 Å². The third-order valence-electron chi connectivity index (χ3n) is 6.17. The van der Waals surface area contributed by atoms with Crippen LogP contribution in [0.15, 0.2) is 36.5 Å². The van der Waals surface area contributed by atoms with E-state index >= 15 is 0 Å². The quantitative estimate of drug-likeness (QED) is 0.0916.